The van der Waals surface area contributed by atoms with Crippen LogP contribution < -0.4 is 10.1 Å². The maximum atomic E-state index is 11.5. The Morgan fingerprint density at radius 2 is 2.26 bits per heavy atom. The number of carbonyl (C=O) groups is 1. The van der Waals surface area contributed by atoms with E-state index in [1.165, 1.54) is 19.2 Å². The predicted molar refractivity (Wildman–Crippen MR) is 65.9 cm³/mol. The van der Waals surface area contributed by atoms with Crippen LogP contribution in [0, 0.1) is 16.0 Å². The van der Waals surface area contributed by atoms with Gasteiger partial charge in [0, 0.05) is 19.2 Å². The van der Waals surface area contributed by atoms with E-state index in [1.54, 1.807) is 12.1 Å². The molecule has 0 unspecified atom stereocenters. The number of nitrogens with one attached hydrogen (secondary N) is 1. The largest absolute Gasteiger partial charge is 0.488 e. The topological polar surface area (TPSA) is 90.7 Å². The van der Waals surface area contributed by atoms with Crippen molar-refractivity contribution in [1.29, 1.82) is 0 Å². The van der Waals surface area contributed by atoms with Crippen molar-refractivity contribution in [3.8, 4) is 5.75 Å². The first-order chi connectivity index (χ1) is 9.11. The third-order valence-electron chi connectivity index (χ3n) is 2.98. The molecule has 1 saturated heterocycles. The number of nitro groups is 1. The summed E-state index contributed by atoms with van der Waals surface area (Å²) in [6, 6.07) is 5.90. The summed E-state index contributed by atoms with van der Waals surface area (Å²) in [7, 11) is 1.32. The van der Waals surface area contributed by atoms with E-state index in [0.717, 1.165) is 0 Å². The van der Waals surface area contributed by atoms with Crippen molar-refractivity contribution in [1.82, 2.24) is 5.32 Å². The van der Waals surface area contributed by atoms with E-state index in [2.05, 4.69) is 5.32 Å². The average molecular weight is 266 g/mol. The highest BCUT2D eigenvalue weighted by Crippen LogP contribution is 2.23. The fourth-order valence-corrected chi connectivity index (χ4v) is 2.01. The Balaban J connectivity index is 2.10. The van der Waals surface area contributed by atoms with Gasteiger partial charge in [0.1, 0.15) is 17.8 Å². The average Bonchev–Trinajstić information content (AvgIpc) is 2.86. The maximum Gasteiger partial charge on any atom is 0.313 e. The number of carbonyl (C=O) groups excluding carboxylic acids is 1. The van der Waals surface area contributed by atoms with Gasteiger partial charge >= 0.3 is 5.97 Å². The van der Waals surface area contributed by atoms with Crippen LogP contribution in [0.2, 0.25) is 0 Å². The Labute approximate surface area is 109 Å². The van der Waals surface area contributed by atoms with Gasteiger partial charge in [-0.15, -0.1) is 0 Å². The van der Waals surface area contributed by atoms with Crippen molar-refractivity contribution in [2.45, 2.75) is 6.10 Å². The minimum atomic E-state index is -0.489. The molecular weight excluding hydrogens is 252 g/mol. The maximum absolute atomic E-state index is 11.5. The van der Waals surface area contributed by atoms with Crippen molar-refractivity contribution < 1.29 is 19.2 Å². The molecule has 1 N–H and O–H groups in total. The fourth-order valence-electron chi connectivity index (χ4n) is 2.01. The van der Waals surface area contributed by atoms with Gasteiger partial charge in [-0.1, -0.05) is 6.07 Å². The lowest BCUT2D eigenvalue weighted by Gasteiger charge is -2.18. The van der Waals surface area contributed by atoms with Crippen LogP contribution in [-0.2, 0) is 9.53 Å². The predicted octanol–water partition coefficient (Wildman–Crippen LogP) is 0.735. The van der Waals surface area contributed by atoms with Gasteiger partial charge in [-0.25, -0.2) is 0 Å². The first-order valence-corrected chi connectivity index (χ1v) is 5.81. The molecule has 0 radical (unpaired) electrons. The first-order valence-electron chi connectivity index (χ1n) is 5.81. The van der Waals surface area contributed by atoms with Crippen LogP contribution in [0.5, 0.6) is 5.75 Å². The zero-order valence-corrected chi connectivity index (χ0v) is 10.4. The zero-order chi connectivity index (χ0) is 13.8. The van der Waals surface area contributed by atoms with E-state index in [4.69, 9.17) is 9.47 Å². The van der Waals surface area contributed by atoms with E-state index in [1.807, 2.05) is 0 Å². The van der Waals surface area contributed by atoms with Gasteiger partial charge in [0.05, 0.1) is 18.1 Å². The molecule has 0 spiro atoms. The summed E-state index contributed by atoms with van der Waals surface area (Å²) in [5.74, 6) is -0.374. The molecule has 1 heterocycles. The van der Waals surface area contributed by atoms with Crippen molar-refractivity contribution in [2.24, 2.45) is 5.92 Å². The molecule has 1 aromatic rings. The molecule has 102 valence electrons. The molecule has 1 aliphatic rings. The SMILES string of the molecule is COC(=O)[C@@H]1CNC[C@H]1Oc1cccc([N+](=O)[O-])c1. The lowest BCUT2D eigenvalue weighted by molar-refractivity contribution is -0.384. The number of nitro benzene ring substituents is 1. The monoisotopic (exact) mass is 266 g/mol. The number of rotatable bonds is 4. The summed E-state index contributed by atoms with van der Waals surface area (Å²) in [5, 5.41) is 13.7. The van der Waals surface area contributed by atoms with Crippen LogP contribution in [-0.4, -0.2) is 37.2 Å². The van der Waals surface area contributed by atoms with Gasteiger partial charge < -0.3 is 14.8 Å². The summed E-state index contributed by atoms with van der Waals surface area (Å²) in [6.45, 7) is 0.981. The molecular formula is C12H14N2O5. The van der Waals surface area contributed by atoms with Crippen molar-refractivity contribution in [3.63, 3.8) is 0 Å². The molecule has 0 amide bonds. The molecule has 1 aromatic carbocycles. The number of nitrogens with zero attached hydrogens (tertiary/aromatic N) is 1. The minimum Gasteiger partial charge on any atom is -0.488 e. The van der Waals surface area contributed by atoms with E-state index in [0.29, 0.717) is 18.8 Å². The van der Waals surface area contributed by atoms with Crippen LogP contribution in [0.3, 0.4) is 0 Å². The Kier molecular flexibility index (Phi) is 3.96. The van der Waals surface area contributed by atoms with Gasteiger partial charge in [-0.05, 0) is 6.07 Å². The van der Waals surface area contributed by atoms with Crippen LogP contribution in [0.1, 0.15) is 0 Å². The summed E-state index contributed by atoms with van der Waals surface area (Å²) in [5.41, 5.74) is -0.0434. The number of benzene rings is 1. The molecule has 0 aromatic heterocycles. The second-order valence-electron chi connectivity index (χ2n) is 4.20. The lowest BCUT2D eigenvalue weighted by atomic mass is 10.1. The molecule has 0 aliphatic carbocycles. The second-order valence-corrected chi connectivity index (χ2v) is 4.20. The second kappa shape index (κ2) is 5.66. The Bertz CT molecular complexity index is 491. The standard InChI is InChI=1S/C12H14N2O5/c1-18-12(15)10-6-13-7-11(10)19-9-4-2-3-8(5-9)14(16)17/h2-5,10-11,13H,6-7H2,1H3/t10-,11-/m1/s1. The summed E-state index contributed by atoms with van der Waals surface area (Å²) in [6.07, 6.45) is -0.380. The number of non-ortho nitro benzene ring substituents is 1. The number of methoxy groups -OCH3 is 1. The Morgan fingerprint density at radius 1 is 1.47 bits per heavy atom. The quantitative estimate of drug-likeness (QED) is 0.491. The highest BCUT2D eigenvalue weighted by molar-refractivity contribution is 5.73. The summed E-state index contributed by atoms with van der Waals surface area (Å²) in [4.78, 5) is 21.7. The van der Waals surface area contributed by atoms with E-state index < -0.39 is 10.8 Å². The third-order valence-corrected chi connectivity index (χ3v) is 2.98. The van der Waals surface area contributed by atoms with E-state index in [-0.39, 0.29) is 17.8 Å². The molecule has 7 nitrogen and oxygen atoms in total. The van der Waals surface area contributed by atoms with Crippen molar-refractivity contribution in [2.75, 3.05) is 20.2 Å². The molecule has 1 aliphatic heterocycles. The molecule has 0 bridgehead atoms. The van der Waals surface area contributed by atoms with Crippen LogP contribution in [0.15, 0.2) is 24.3 Å². The molecule has 2 atom stereocenters. The lowest BCUT2D eigenvalue weighted by Crippen LogP contribution is -2.32. The Hall–Kier alpha value is -2.15. The summed E-state index contributed by atoms with van der Waals surface area (Å²) < 4.78 is 10.3. The van der Waals surface area contributed by atoms with E-state index >= 15 is 0 Å². The minimum absolute atomic E-state index is 0.0434. The van der Waals surface area contributed by atoms with Gasteiger partial charge in [0.25, 0.3) is 5.69 Å². The fraction of sp³-hybridized carbons (Fsp3) is 0.417. The van der Waals surface area contributed by atoms with Crippen LogP contribution >= 0.6 is 0 Å². The number of esters is 1. The molecule has 19 heavy (non-hydrogen) atoms. The normalized spacial score (nSPS) is 21.9. The van der Waals surface area contributed by atoms with Crippen molar-refractivity contribution in [3.05, 3.63) is 34.4 Å². The highest BCUT2D eigenvalue weighted by Gasteiger charge is 2.35. The van der Waals surface area contributed by atoms with Crippen LogP contribution in [0.4, 0.5) is 5.69 Å². The van der Waals surface area contributed by atoms with Gasteiger partial charge in [-0.2, -0.15) is 0 Å². The molecule has 2 rings (SSSR count). The number of hydrogen-bond donors (Lipinski definition) is 1. The number of hydrogen-bond acceptors (Lipinski definition) is 6. The summed E-state index contributed by atoms with van der Waals surface area (Å²) >= 11 is 0. The van der Waals surface area contributed by atoms with Gasteiger partial charge in [0.2, 0.25) is 0 Å². The first kappa shape index (κ1) is 13.3. The zero-order valence-electron chi connectivity index (χ0n) is 10.4. The third kappa shape index (κ3) is 3.00. The van der Waals surface area contributed by atoms with Gasteiger partial charge in [-0.3, -0.25) is 14.9 Å². The smallest absolute Gasteiger partial charge is 0.313 e. The Morgan fingerprint density at radius 3 is 2.95 bits per heavy atom. The molecule has 0 saturated carbocycles. The number of ether oxygens (including phenoxy) is 2. The molecule has 1 fully saturated rings. The van der Waals surface area contributed by atoms with Crippen LogP contribution in [0.25, 0.3) is 0 Å². The van der Waals surface area contributed by atoms with E-state index in [9.17, 15) is 14.9 Å². The van der Waals surface area contributed by atoms with Gasteiger partial charge in [0.15, 0.2) is 0 Å². The van der Waals surface area contributed by atoms with Crippen molar-refractivity contribution >= 4 is 11.7 Å². The molecule has 7 heteroatoms. The highest BCUT2D eigenvalue weighted by atomic mass is 16.6.